The Morgan fingerprint density at radius 3 is 2.52 bits per heavy atom. The summed E-state index contributed by atoms with van der Waals surface area (Å²) in [7, 11) is -4.13. The van der Waals surface area contributed by atoms with Gasteiger partial charge in [0.1, 0.15) is 10.7 Å². The van der Waals surface area contributed by atoms with Gasteiger partial charge in [-0.15, -0.1) is 0 Å². The summed E-state index contributed by atoms with van der Waals surface area (Å²) in [4.78, 5) is 10.1. The Bertz CT molecular complexity index is 680. The van der Waals surface area contributed by atoms with E-state index >= 15 is 0 Å². The van der Waals surface area contributed by atoms with E-state index < -0.39 is 32.7 Å². The molecule has 1 N–H and O–H groups in total. The number of aromatic carboxylic acids is 1. The van der Waals surface area contributed by atoms with Gasteiger partial charge in [-0.1, -0.05) is 0 Å². The minimum absolute atomic E-state index is 0.0216. The van der Waals surface area contributed by atoms with Crippen molar-refractivity contribution in [3.63, 3.8) is 0 Å². The molecule has 0 saturated carbocycles. The number of carboxylic acid groups (broad SMARTS) is 1. The Kier molecular flexibility index (Phi) is 5.41. The van der Waals surface area contributed by atoms with Gasteiger partial charge in [0, 0.05) is 19.0 Å². The number of carboxylic acids is 1. The van der Waals surface area contributed by atoms with Crippen LogP contribution in [0.15, 0.2) is 23.1 Å². The topological polar surface area (TPSA) is 98.5 Å². The summed E-state index contributed by atoms with van der Waals surface area (Å²) in [5.74, 6) is -2.47. The molecule has 0 spiro atoms. The summed E-state index contributed by atoms with van der Waals surface area (Å²) >= 11 is 0. The van der Waals surface area contributed by atoms with Crippen molar-refractivity contribution in [2.45, 2.75) is 31.2 Å². The van der Waals surface area contributed by atoms with Crippen LogP contribution in [-0.4, -0.2) is 36.4 Å². The average molecular weight is 314 g/mol. The van der Waals surface area contributed by atoms with Gasteiger partial charge in [0.15, 0.2) is 0 Å². The lowest BCUT2D eigenvalue weighted by atomic mass is 10.2. The number of nitrogens with zero attached hydrogens (tertiary/aromatic N) is 2. The van der Waals surface area contributed by atoms with Crippen molar-refractivity contribution in [1.82, 2.24) is 4.31 Å². The minimum Gasteiger partial charge on any atom is -0.478 e. The summed E-state index contributed by atoms with van der Waals surface area (Å²) in [6, 6.07) is 4.00. The molecule has 0 aromatic heterocycles. The Labute approximate surface area is 122 Å². The molecular weight excluding hydrogens is 299 g/mol. The largest absolute Gasteiger partial charge is 0.478 e. The van der Waals surface area contributed by atoms with Crippen LogP contribution in [0.25, 0.3) is 0 Å². The second-order valence-electron chi connectivity index (χ2n) is 4.57. The number of benzene rings is 1. The zero-order chi connectivity index (χ0) is 16.2. The summed E-state index contributed by atoms with van der Waals surface area (Å²) < 4.78 is 39.7. The third kappa shape index (κ3) is 3.77. The normalized spacial score (nSPS) is 11.6. The van der Waals surface area contributed by atoms with Crippen LogP contribution >= 0.6 is 0 Å². The first-order valence-electron chi connectivity index (χ1n) is 6.13. The van der Waals surface area contributed by atoms with E-state index in [0.717, 1.165) is 16.4 Å². The molecule has 1 aromatic rings. The minimum atomic E-state index is -4.13. The number of rotatable bonds is 6. The number of hydrogen-bond donors (Lipinski definition) is 1. The molecule has 21 heavy (non-hydrogen) atoms. The van der Waals surface area contributed by atoms with Crippen LogP contribution in [0, 0.1) is 17.1 Å². The van der Waals surface area contributed by atoms with E-state index in [1.54, 1.807) is 13.8 Å². The van der Waals surface area contributed by atoms with Crippen molar-refractivity contribution in [1.29, 1.82) is 5.26 Å². The molecule has 114 valence electrons. The fourth-order valence-electron chi connectivity index (χ4n) is 1.79. The smallest absolute Gasteiger partial charge is 0.335 e. The number of sulfonamides is 1. The lowest BCUT2D eigenvalue weighted by Gasteiger charge is -2.25. The highest BCUT2D eigenvalue weighted by molar-refractivity contribution is 7.89. The lowest BCUT2D eigenvalue weighted by Crippen LogP contribution is -2.38. The molecule has 0 saturated heterocycles. The maximum atomic E-state index is 13.9. The first kappa shape index (κ1) is 17.1. The predicted octanol–water partition coefficient (Wildman–Crippen LogP) is 1.84. The molecule has 0 heterocycles. The summed E-state index contributed by atoms with van der Waals surface area (Å²) in [5.41, 5.74) is -0.334. The molecule has 0 amide bonds. The summed E-state index contributed by atoms with van der Waals surface area (Å²) in [5, 5.41) is 17.3. The van der Waals surface area contributed by atoms with Gasteiger partial charge < -0.3 is 5.11 Å². The van der Waals surface area contributed by atoms with E-state index in [4.69, 9.17) is 10.4 Å². The fourth-order valence-corrected chi connectivity index (χ4v) is 3.47. The molecule has 0 aliphatic heterocycles. The molecule has 0 aliphatic carbocycles. The Hall–Kier alpha value is -1.98. The molecule has 0 unspecified atom stereocenters. The molecule has 0 atom stereocenters. The van der Waals surface area contributed by atoms with Crippen LogP contribution in [0.4, 0.5) is 4.39 Å². The Balaban J connectivity index is 3.29. The standard InChI is InChI=1S/C13H15FN2O4S/c1-9(2)16(7-3-6-15)21(19,20)12-5-4-10(13(17)18)8-11(12)14/h4-5,8-9H,3,7H2,1-2H3,(H,17,18). The Morgan fingerprint density at radius 2 is 2.10 bits per heavy atom. The van der Waals surface area contributed by atoms with Gasteiger partial charge in [-0.2, -0.15) is 9.57 Å². The first-order valence-corrected chi connectivity index (χ1v) is 7.57. The zero-order valence-electron chi connectivity index (χ0n) is 11.6. The molecule has 6 nitrogen and oxygen atoms in total. The molecule has 8 heteroatoms. The van der Waals surface area contributed by atoms with E-state index in [2.05, 4.69) is 0 Å². The molecule has 0 aliphatic rings. The first-order chi connectivity index (χ1) is 9.71. The Morgan fingerprint density at radius 1 is 1.48 bits per heavy atom. The van der Waals surface area contributed by atoms with Crippen molar-refractivity contribution in [3.8, 4) is 6.07 Å². The number of hydrogen-bond acceptors (Lipinski definition) is 4. The van der Waals surface area contributed by atoms with Crippen LogP contribution in [-0.2, 0) is 10.0 Å². The van der Waals surface area contributed by atoms with Gasteiger partial charge in [0.2, 0.25) is 10.0 Å². The van der Waals surface area contributed by atoms with Crippen LogP contribution in [0.3, 0.4) is 0 Å². The number of halogens is 1. The van der Waals surface area contributed by atoms with Crippen LogP contribution < -0.4 is 0 Å². The molecule has 0 bridgehead atoms. The van der Waals surface area contributed by atoms with Crippen molar-refractivity contribution in [3.05, 3.63) is 29.6 Å². The molecule has 1 aromatic carbocycles. The zero-order valence-corrected chi connectivity index (χ0v) is 12.4. The van der Waals surface area contributed by atoms with Gasteiger partial charge in [0.05, 0.1) is 11.6 Å². The van der Waals surface area contributed by atoms with E-state index in [-0.39, 0.29) is 18.5 Å². The van der Waals surface area contributed by atoms with Crippen molar-refractivity contribution in [2.75, 3.05) is 6.54 Å². The van der Waals surface area contributed by atoms with Gasteiger partial charge in [0.25, 0.3) is 0 Å². The number of nitriles is 1. The lowest BCUT2D eigenvalue weighted by molar-refractivity contribution is 0.0696. The second-order valence-corrected chi connectivity index (χ2v) is 6.43. The van der Waals surface area contributed by atoms with Gasteiger partial charge in [-0.05, 0) is 32.0 Å². The molecule has 1 rings (SSSR count). The molecular formula is C13H15FN2O4S. The predicted molar refractivity (Wildman–Crippen MR) is 72.6 cm³/mol. The maximum Gasteiger partial charge on any atom is 0.335 e. The second kappa shape index (κ2) is 6.65. The van der Waals surface area contributed by atoms with Crippen LogP contribution in [0.5, 0.6) is 0 Å². The van der Waals surface area contributed by atoms with Gasteiger partial charge >= 0.3 is 5.97 Å². The highest BCUT2D eigenvalue weighted by Gasteiger charge is 2.29. The van der Waals surface area contributed by atoms with Crippen molar-refractivity contribution < 1.29 is 22.7 Å². The van der Waals surface area contributed by atoms with Gasteiger partial charge in [-0.25, -0.2) is 17.6 Å². The summed E-state index contributed by atoms with van der Waals surface area (Å²) in [6.07, 6.45) is -0.0216. The monoisotopic (exact) mass is 314 g/mol. The molecule has 0 radical (unpaired) electrons. The average Bonchev–Trinajstić information content (AvgIpc) is 2.37. The third-order valence-corrected chi connectivity index (χ3v) is 4.89. The van der Waals surface area contributed by atoms with Gasteiger partial charge in [-0.3, -0.25) is 0 Å². The fraction of sp³-hybridized carbons (Fsp3) is 0.385. The van der Waals surface area contributed by atoms with E-state index in [9.17, 15) is 17.6 Å². The SMILES string of the molecule is CC(C)N(CCC#N)S(=O)(=O)c1ccc(C(=O)O)cc1F. The van der Waals surface area contributed by atoms with Crippen LogP contribution in [0.2, 0.25) is 0 Å². The van der Waals surface area contributed by atoms with Crippen molar-refractivity contribution >= 4 is 16.0 Å². The number of carbonyl (C=O) groups is 1. The van der Waals surface area contributed by atoms with Crippen molar-refractivity contribution in [2.24, 2.45) is 0 Å². The summed E-state index contributed by atoms with van der Waals surface area (Å²) in [6.45, 7) is 3.16. The van der Waals surface area contributed by atoms with Crippen LogP contribution in [0.1, 0.15) is 30.6 Å². The third-order valence-electron chi connectivity index (χ3n) is 2.79. The van der Waals surface area contributed by atoms with E-state index in [1.807, 2.05) is 6.07 Å². The quantitative estimate of drug-likeness (QED) is 0.863. The van der Waals surface area contributed by atoms with E-state index in [1.165, 1.54) is 0 Å². The molecule has 0 fully saturated rings. The van der Waals surface area contributed by atoms with E-state index in [0.29, 0.717) is 6.07 Å². The maximum absolute atomic E-state index is 13.9. The highest BCUT2D eigenvalue weighted by Crippen LogP contribution is 2.22. The highest BCUT2D eigenvalue weighted by atomic mass is 32.2.